The first-order chi connectivity index (χ1) is 9.16. The summed E-state index contributed by atoms with van der Waals surface area (Å²) in [6, 6.07) is 13.7. The molecule has 2 aromatic carbocycles. The Hall–Kier alpha value is -2.33. The molecule has 2 aromatic rings. The third kappa shape index (κ3) is 2.26. The highest BCUT2D eigenvalue weighted by Crippen LogP contribution is 2.38. The minimum Gasteiger partial charge on any atom is -0.370 e. The lowest BCUT2D eigenvalue weighted by molar-refractivity contribution is 0.100. The van der Waals surface area contributed by atoms with Crippen LogP contribution >= 0.6 is 12.4 Å². The largest absolute Gasteiger partial charge is 0.370 e. The van der Waals surface area contributed by atoms with Crippen LogP contribution in [-0.2, 0) is 6.42 Å². The van der Waals surface area contributed by atoms with E-state index < -0.39 is 5.91 Å². The highest BCUT2D eigenvalue weighted by molar-refractivity contribution is 6.07. The fraction of sp³-hybridized carbons (Fsp3) is 0.0667. The Morgan fingerprint density at radius 1 is 1.00 bits per heavy atom. The Balaban J connectivity index is 0.00000147. The van der Waals surface area contributed by atoms with E-state index in [1.165, 1.54) is 5.56 Å². The van der Waals surface area contributed by atoms with Gasteiger partial charge in [0.25, 0.3) is 5.91 Å². The van der Waals surface area contributed by atoms with E-state index in [1.807, 2.05) is 30.3 Å². The molecule has 0 unspecified atom stereocenters. The number of halogens is 1. The van der Waals surface area contributed by atoms with Crippen LogP contribution in [0.4, 0.5) is 0 Å². The molecule has 5 heteroatoms. The fourth-order valence-corrected chi connectivity index (χ4v) is 2.54. The Labute approximate surface area is 122 Å². The molecule has 102 valence electrons. The van der Waals surface area contributed by atoms with Crippen molar-refractivity contribution >= 4 is 24.3 Å². The van der Waals surface area contributed by atoms with Crippen LogP contribution in [0.25, 0.3) is 11.1 Å². The number of guanidine groups is 1. The highest BCUT2D eigenvalue weighted by atomic mass is 35.5. The van der Waals surface area contributed by atoms with Crippen LogP contribution in [0.15, 0.2) is 47.5 Å². The molecule has 0 bridgehead atoms. The monoisotopic (exact) mass is 287 g/mol. The summed E-state index contributed by atoms with van der Waals surface area (Å²) >= 11 is 0. The second kappa shape index (κ2) is 5.35. The quantitative estimate of drug-likeness (QED) is 0.531. The summed E-state index contributed by atoms with van der Waals surface area (Å²) in [4.78, 5) is 15.7. The van der Waals surface area contributed by atoms with Gasteiger partial charge in [0.2, 0.25) is 0 Å². The molecule has 20 heavy (non-hydrogen) atoms. The number of aliphatic imine (C=N–C) groups is 1. The van der Waals surface area contributed by atoms with E-state index in [1.54, 1.807) is 6.07 Å². The molecule has 0 saturated heterocycles. The number of benzene rings is 2. The van der Waals surface area contributed by atoms with E-state index in [9.17, 15) is 4.79 Å². The molecule has 4 nitrogen and oxygen atoms in total. The lowest BCUT2D eigenvalue weighted by Gasteiger charge is -2.06. The van der Waals surface area contributed by atoms with Gasteiger partial charge in [0, 0.05) is 5.56 Å². The van der Waals surface area contributed by atoms with Crippen LogP contribution in [0.5, 0.6) is 0 Å². The number of nitrogens with two attached hydrogens (primary N) is 2. The average molecular weight is 288 g/mol. The van der Waals surface area contributed by atoms with Crippen LogP contribution < -0.4 is 11.5 Å². The highest BCUT2D eigenvalue weighted by Gasteiger charge is 2.23. The number of hydrogen-bond donors (Lipinski definition) is 2. The van der Waals surface area contributed by atoms with Crippen LogP contribution in [0, 0.1) is 0 Å². The van der Waals surface area contributed by atoms with Crippen molar-refractivity contribution in [2.75, 3.05) is 0 Å². The molecule has 0 fully saturated rings. The number of carbonyl (C=O) groups excluding carboxylic acids is 1. The summed E-state index contributed by atoms with van der Waals surface area (Å²) in [6.45, 7) is 0. The maximum atomic E-state index is 12.1. The number of carbonyl (C=O) groups is 1. The third-order valence-corrected chi connectivity index (χ3v) is 3.28. The summed E-state index contributed by atoms with van der Waals surface area (Å²) in [5.41, 5.74) is 15.5. The fourth-order valence-electron chi connectivity index (χ4n) is 2.54. The van der Waals surface area contributed by atoms with Crippen molar-refractivity contribution in [1.29, 1.82) is 0 Å². The topological polar surface area (TPSA) is 81.5 Å². The molecule has 0 heterocycles. The molecular formula is C15H14ClN3O. The Bertz CT molecular complexity index is 706. The minimum atomic E-state index is -0.395. The van der Waals surface area contributed by atoms with E-state index in [0.29, 0.717) is 5.56 Å². The molecule has 4 N–H and O–H groups in total. The van der Waals surface area contributed by atoms with Gasteiger partial charge in [-0.2, -0.15) is 4.99 Å². The first kappa shape index (κ1) is 14.1. The molecule has 0 spiro atoms. The van der Waals surface area contributed by atoms with Crippen LogP contribution in [-0.4, -0.2) is 11.9 Å². The SMILES string of the molecule is Cl.NC(N)=NC(=O)c1cccc2c1-c1ccccc1C2. The van der Waals surface area contributed by atoms with Gasteiger partial charge in [-0.1, -0.05) is 36.4 Å². The summed E-state index contributed by atoms with van der Waals surface area (Å²) in [5, 5.41) is 0. The van der Waals surface area contributed by atoms with Crippen molar-refractivity contribution in [3.63, 3.8) is 0 Å². The molecule has 0 aliphatic heterocycles. The average Bonchev–Trinajstić information content (AvgIpc) is 2.76. The van der Waals surface area contributed by atoms with Crippen molar-refractivity contribution in [3.8, 4) is 11.1 Å². The number of hydrogen-bond acceptors (Lipinski definition) is 1. The lowest BCUT2D eigenvalue weighted by atomic mass is 9.99. The second-order valence-corrected chi connectivity index (χ2v) is 4.52. The lowest BCUT2D eigenvalue weighted by Crippen LogP contribution is -2.24. The zero-order chi connectivity index (χ0) is 13.4. The molecule has 3 rings (SSSR count). The van der Waals surface area contributed by atoms with E-state index in [-0.39, 0.29) is 18.4 Å². The maximum Gasteiger partial charge on any atom is 0.280 e. The number of rotatable bonds is 1. The predicted molar refractivity (Wildman–Crippen MR) is 82.1 cm³/mol. The Morgan fingerprint density at radius 2 is 1.70 bits per heavy atom. The van der Waals surface area contributed by atoms with Crippen LogP contribution in [0.3, 0.4) is 0 Å². The molecule has 1 aliphatic rings. The van der Waals surface area contributed by atoms with Gasteiger partial charge < -0.3 is 11.5 Å². The zero-order valence-electron chi connectivity index (χ0n) is 10.7. The molecule has 0 atom stereocenters. The van der Waals surface area contributed by atoms with Gasteiger partial charge in [-0.3, -0.25) is 4.79 Å². The van der Waals surface area contributed by atoms with Crippen molar-refractivity contribution in [2.45, 2.75) is 6.42 Å². The number of amides is 1. The first-order valence-corrected chi connectivity index (χ1v) is 6.01. The van der Waals surface area contributed by atoms with Crippen LogP contribution in [0.1, 0.15) is 21.5 Å². The van der Waals surface area contributed by atoms with E-state index in [0.717, 1.165) is 23.1 Å². The smallest absolute Gasteiger partial charge is 0.280 e. The molecule has 1 aliphatic carbocycles. The summed E-state index contributed by atoms with van der Waals surface area (Å²) in [7, 11) is 0. The van der Waals surface area contributed by atoms with Crippen molar-refractivity contribution in [1.82, 2.24) is 0 Å². The van der Waals surface area contributed by atoms with Gasteiger partial charge in [-0.05, 0) is 34.7 Å². The van der Waals surface area contributed by atoms with E-state index >= 15 is 0 Å². The third-order valence-electron chi connectivity index (χ3n) is 3.28. The maximum absolute atomic E-state index is 12.1. The summed E-state index contributed by atoms with van der Waals surface area (Å²) in [6.07, 6.45) is 0.842. The van der Waals surface area contributed by atoms with Gasteiger partial charge in [0.15, 0.2) is 5.96 Å². The zero-order valence-corrected chi connectivity index (χ0v) is 11.5. The number of fused-ring (bicyclic) bond motifs is 3. The molecule has 1 amide bonds. The Kier molecular flexibility index (Phi) is 3.77. The standard InChI is InChI=1S/C15H13N3O.ClH/c16-15(17)18-14(19)12-7-3-5-10-8-9-4-1-2-6-11(9)13(10)12;/h1-7H,8H2,(H4,16,17,18,19);1H. The summed E-state index contributed by atoms with van der Waals surface area (Å²) in [5.74, 6) is -0.609. The van der Waals surface area contributed by atoms with Crippen molar-refractivity contribution < 1.29 is 4.79 Å². The van der Waals surface area contributed by atoms with Gasteiger partial charge >= 0.3 is 0 Å². The van der Waals surface area contributed by atoms with Crippen molar-refractivity contribution in [3.05, 3.63) is 59.2 Å². The Morgan fingerprint density at radius 3 is 2.45 bits per heavy atom. The molecule has 0 aromatic heterocycles. The normalized spacial score (nSPS) is 11.0. The van der Waals surface area contributed by atoms with Crippen molar-refractivity contribution in [2.24, 2.45) is 16.5 Å². The molecule has 0 saturated carbocycles. The predicted octanol–water partition coefficient (Wildman–Crippen LogP) is 2.09. The van der Waals surface area contributed by atoms with Gasteiger partial charge in [0.05, 0.1) is 0 Å². The second-order valence-electron chi connectivity index (χ2n) is 4.52. The number of nitrogens with zero attached hydrogens (tertiary/aromatic N) is 1. The van der Waals surface area contributed by atoms with E-state index in [4.69, 9.17) is 11.5 Å². The summed E-state index contributed by atoms with van der Waals surface area (Å²) < 4.78 is 0. The molecular weight excluding hydrogens is 274 g/mol. The van der Waals surface area contributed by atoms with Gasteiger partial charge in [-0.25, -0.2) is 0 Å². The minimum absolute atomic E-state index is 0. The van der Waals surface area contributed by atoms with Crippen LogP contribution in [0.2, 0.25) is 0 Å². The van der Waals surface area contributed by atoms with Gasteiger partial charge in [0.1, 0.15) is 0 Å². The van der Waals surface area contributed by atoms with E-state index in [2.05, 4.69) is 11.1 Å². The van der Waals surface area contributed by atoms with Gasteiger partial charge in [-0.15, -0.1) is 12.4 Å². The first-order valence-electron chi connectivity index (χ1n) is 6.01. The molecule has 0 radical (unpaired) electrons.